The number of aliphatic imine (C=N–C) groups is 1. The summed E-state index contributed by atoms with van der Waals surface area (Å²) in [4.78, 5) is 16.7. The molecular weight excluding hydrogens is 438 g/mol. The van der Waals surface area contributed by atoms with Crippen LogP contribution < -0.4 is 10.2 Å². The lowest BCUT2D eigenvalue weighted by Crippen LogP contribution is -2.55. The summed E-state index contributed by atoms with van der Waals surface area (Å²) in [7, 11) is 6.13. The van der Waals surface area contributed by atoms with Crippen molar-refractivity contribution >= 4 is 23.2 Å². The van der Waals surface area contributed by atoms with Crippen LogP contribution >= 0.6 is 0 Å². The Kier molecular flexibility index (Phi) is 5.73. The van der Waals surface area contributed by atoms with E-state index in [2.05, 4.69) is 93.8 Å². The van der Waals surface area contributed by atoms with E-state index in [0.717, 1.165) is 49.3 Å². The standard InChI is InChI=1S/C26H37N9/c1-18-8-9-19(26(2,3)4)14-21(18)29-24-22-23(27-17-31(22)5)30-25(33(24)7)35-12-10-34(11-13-35)20-15-28-32(6)16-20/h8-9,14-17,24,29H,10-13H2,1-7H3. The van der Waals surface area contributed by atoms with E-state index < -0.39 is 0 Å². The van der Waals surface area contributed by atoms with Crippen LogP contribution in [-0.4, -0.2) is 68.3 Å². The molecule has 0 amide bonds. The molecule has 0 spiro atoms. The Labute approximate surface area is 208 Å². The van der Waals surface area contributed by atoms with Crippen LogP contribution in [0.15, 0.2) is 41.9 Å². The van der Waals surface area contributed by atoms with Crippen LogP contribution in [0.5, 0.6) is 0 Å². The Morgan fingerprint density at radius 1 is 1.00 bits per heavy atom. The first-order valence-corrected chi connectivity index (χ1v) is 12.3. The maximum atomic E-state index is 5.01. The van der Waals surface area contributed by atoms with E-state index in [0.29, 0.717) is 0 Å². The molecule has 0 aliphatic carbocycles. The van der Waals surface area contributed by atoms with Gasteiger partial charge in [0.05, 0.1) is 18.2 Å². The van der Waals surface area contributed by atoms with Crippen molar-refractivity contribution in [3.8, 4) is 0 Å². The minimum atomic E-state index is -0.0738. The van der Waals surface area contributed by atoms with Gasteiger partial charge in [0.25, 0.3) is 0 Å². The third-order valence-corrected chi connectivity index (χ3v) is 7.14. The molecule has 35 heavy (non-hydrogen) atoms. The van der Waals surface area contributed by atoms with Crippen LogP contribution in [0.25, 0.3) is 0 Å². The number of rotatable bonds is 3. The van der Waals surface area contributed by atoms with E-state index >= 15 is 0 Å². The molecule has 2 aliphatic rings. The van der Waals surface area contributed by atoms with Crippen molar-refractivity contribution in [1.29, 1.82) is 0 Å². The molecule has 3 aromatic rings. The van der Waals surface area contributed by atoms with Gasteiger partial charge in [-0.1, -0.05) is 32.9 Å². The Hall–Kier alpha value is -3.49. The highest BCUT2D eigenvalue weighted by Crippen LogP contribution is 2.36. The fourth-order valence-corrected chi connectivity index (χ4v) is 4.89. The Morgan fingerprint density at radius 3 is 2.37 bits per heavy atom. The van der Waals surface area contributed by atoms with Gasteiger partial charge in [-0.3, -0.25) is 4.68 Å². The second kappa shape index (κ2) is 8.62. The SMILES string of the molecule is Cc1ccc(C(C)(C)C)cc1NC1c2c(ncn2C)N=C(N2CCN(c3cnn(C)c3)CC2)N1C. The number of hydrogen-bond acceptors (Lipinski definition) is 7. The van der Waals surface area contributed by atoms with E-state index in [9.17, 15) is 0 Å². The van der Waals surface area contributed by atoms with Crippen LogP contribution in [0.1, 0.15) is 43.8 Å². The molecule has 1 unspecified atom stereocenters. The number of benzene rings is 1. The number of nitrogens with one attached hydrogen (secondary N) is 1. The van der Waals surface area contributed by atoms with Crippen LogP contribution in [-0.2, 0) is 19.5 Å². The van der Waals surface area contributed by atoms with Crippen LogP contribution in [0.3, 0.4) is 0 Å². The Bertz CT molecular complexity index is 1240. The number of guanidine groups is 1. The molecule has 2 aliphatic heterocycles. The Balaban J connectivity index is 1.41. The van der Waals surface area contributed by atoms with Crippen molar-refractivity contribution in [2.24, 2.45) is 19.1 Å². The lowest BCUT2D eigenvalue weighted by Gasteiger charge is -2.43. The number of piperazine rings is 1. The summed E-state index contributed by atoms with van der Waals surface area (Å²) in [6.07, 6.45) is 5.80. The number of aryl methyl sites for hydroxylation is 3. The number of imidazole rings is 1. The maximum Gasteiger partial charge on any atom is 0.205 e. The van der Waals surface area contributed by atoms with E-state index in [1.165, 1.54) is 16.8 Å². The zero-order chi connectivity index (χ0) is 24.9. The quantitative estimate of drug-likeness (QED) is 0.624. The van der Waals surface area contributed by atoms with E-state index in [1.54, 1.807) is 0 Å². The maximum absolute atomic E-state index is 5.01. The minimum Gasteiger partial charge on any atom is -0.365 e. The minimum absolute atomic E-state index is 0.0738. The largest absolute Gasteiger partial charge is 0.365 e. The summed E-state index contributed by atoms with van der Waals surface area (Å²) in [6.45, 7) is 12.6. The first kappa shape index (κ1) is 23.3. The highest BCUT2D eigenvalue weighted by molar-refractivity contribution is 5.85. The zero-order valence-electron chi connectivity index (χ0n) is 21.9. The van der Waals surface area contributed by atoms with Crippen LogP contribution in [0.2, 0.25) is 0 Å². The summed E-state index contributed by atoms with van der Waals surface area (Å²) >= 11 is 0. The number of nitrogens with zero attached hydrogens (tertiary/aromatic N) is 8. The van der Waals surface area contributed by atoms with Crippen molar-refractivity contribution in [1.82, 2.24) is 29.1 Å². The fraction of sp³-hybridized carbons (Fsp3) is 0.500. The average molecular weight is 476 g/mol. The lowest BCUT2D eigenvalue weighted by molar-refractivity contribution is 0.290. The van der Waals surface area contributed by atoms with Gasteiger partial charge in [0.1, 0.15) is 11.9 Å². The predicted molar refractivity (Wildman–Crippen MR) is 141 cm³/mol. The molecule has 1 saturated heterocycles. The molecule has 2 aromatic heterocycles. The summed E-state index contributed by atoms with van der Waals surface area (Å²) < 4.78 is 3.93. The topological polar surface area (TPSA) is 69.8 Å². The molecule has 1 aromatic carbocycles. The van der Waals surface area contributed by atoms with Gasteiger partial charge in [-0.15, -0.1) is 0 Å². The average Bonchev–Trinajstić information content (AvgIpc) is 3.41. The smallest absolute Gasteiger partial charge is 0.205 e. The Morgan fingerprint density at radius 2 is 1.71 bits per heavy atom. The predicted octanol–water partition coefficient (Wildman–Crippen LogP) is 3.63. The molecule has 1 fully saturated rings. The third kappa shape index (κ3) is 4.35. The first-order valence-electron chi connectivity index (χ1n) is 12.3. The third-order valence-electron chi connectivity index (χ3n) is 7.14. The van der Waals surface area contributed by atoms with E-state index in [4.69, 9.17) is 4.99 Å². The van der Waals surface area contributed by atoms with Gasteiger partial charge < -0.3 is 24.6 Å². The molecule has 186 valence electrons. The van der Waals surface area contributed by atoms with Gasteiger partial charge in [-0.2, -0.15) is 10.1 Å². The normalized spacial score (nSPS) is 18.5. The zero-order valence-corrected chi connectivity index (χ0v) is 21.9. The van der Waals surface area contributed by atoms with Crippen molar-refractivity contribution in [2.45, 2.75) is 39.3 Å². The van der Waals surface area contributed by atoms with E-state index in [1.807, 2.05) is 31.3 Å². The molecular formula is C26H37N9. The molecule has 1 atom stereocenters. The fourth-order valence-electron chi connectivity index (χ4n) is 4.89. The molecule has 9 nitrogen and oxygen atoms in total. The molecule has 0 saturated carbocycles. The van der Waals surface area contributed by atoms with Crippen molar-refractivity contribution in [2.75, 3.05) is 43.4 Å². The molecule has 9 heteroatoms. The van der Waals surface area contributed by atoms with Gasteiger partial charge in [-0.05, 0) is 29.5 Å². The second-order valence-electron chi connectivity index (χ2n) is 10.8. The van der Waals surface area contributed by atoms with Gasteiger partial charge in [0.15, 0.2) is 5.82 Å². The number of aromatic nitrogens is 4. The number of hydrogen-bond donors (Lipinski definition) is 1. The van der Waals surface area contributed by atoms with E-state index in [-0.39, 0.29) is 11.6 Å². The molecule has 0 bridgehead atoms. The molecule has 0 radical (unpaired) electrons. The highest BCUT2D eigenvalue weighted by Gasteiger charge is 2.35. The van der Waals surface area contributed by atoms with Gasteiger partial charge in [-0.25, -0.2) is 4.98 Å². The monoisotopic (exact) mass is 475 g/mol. The highest BCUT2D eigenvalue weighted by atomic mass is 15.5. The van der Waals surface area contributed by atoms with Gasteiger partial charge in [0, 0.05) is 59.2 Å². The summed E-state index contributed by atoms with van der Waals surface area (Å²) in [5.41, 5.74) is 6.02. The molecule has 4 heterocycles. The van der Waals surface area contributed by atoms with Crippen LogP contribution in [0, 0.1) is 6.92 Å². The molecule has 5 rings (SSSR count). The van der Waals surface area contributed by atoms with Gasteiger partial charge >= 0.3 is 0 Å². The molecule has 1 N–H and O–H groups in total. The van der Waals surface area contributed by atoms with Crippen molar-refractivity contribution in [3.63, 3.8) is 0 Å². The van der Waals surface area contributed by atoms with Crippen molar-refractivity contribution < 1.29 is 0 Å². The number of anilines is 2. The summed E-state index contributed by atoms with van der Waals surface area (Å²) in [6, 6.07) is 6.73. The summed E-state index contributed by atoms with van der Waals surface area (Å²) in [5, 5.41) is 8.17. The van der Waals surface area contributed by atoms with Crippen LogP contribution in [0.4, 0.5) is 17.2 Å². The summed E-state index contributed by atoms with van der Waals surface area (Å²) in [5.74, 6) is 1.75. The van der Waals surface area contributed by atoms with Crippen molar-refractivity contribution in [3.05, 3.63) is 53.7 Å². The lowest BCUT2D eigenvalue weighted by atomic mass is 9.86. The first-order chi connectivity index (χ1) is 16.6. The second-order valence-corrected chi connectivity index (χ2v) is 10.8. The van der Waals surface area contributed by atoms with Gasteiger partial charge in [0.2, 0.25) is 5.96 Å². The number of fused-ring (bicyclic) bond motifs is 1.